The van der Waals surface area contributed by atoms with E-state index in [-0.39, 0.29) is 0 Å². The van der Waals surface area contributed by atoms with Gasteiger partial charge >= 0.3 is 0 Å². The van der Waals surface area contributed by atoms with E-state index in [0.29, 0.717) is 18.3 Å². The van der Waals surface area contributed by atoms with Crippen LogP contribution in [0, 0.1) is 11.3 Å². The molecule has 1 fully saturated rings. The lowest BCUT2D eigenvalue weighted by Crippen LogP contribution is -2.42. The Labute approximate surface area is 111 Å². The number of nitrogens with zero attached hydrogens (tertiary/aromatic N) is 4. The third-order valence-corrected chi connectivity index (χ3v) is 2.93. The smallest absolute Gasteiger partial charge is 0.161 e. The third kappa shape index (κ3) is 3.09. The highest BCUT2D eigenvalue weighted by Crippen LogP contribution is 2.19. The van der Waals surface area contributed by atoms with Gasteiger partial charge in [0.15, 0.2) is 6.10 Å². The zero-order valence-electron chi connectivity index (χ0n) is 10.3. The van der Waals surface area contributed by atoms with Gasteiger partial charge in [0, 0.05) is 19.0 Å². The molecule has 0 amide bonds. The SMILES string of the molecule is CCCc1nc(Cl)cc(N2CCOC(C#N)C2)n1. The van der Waals surface area contributed by atoms with E-state index >= 15 is 0 Å². The molecule has 0 aromatic carbocycles. The van der Waals surface area contributed by atoms with Crippen LogP contribution < -0.4 is 4.90 Å². The Morgan fingerprint density at radius 3 is 3.17 bits per heavy atom. The predicted molar refractivity (Wildman–Crippen MR) is 68.6 cm³/mol. The van der Waals surface area contributed by atoms with Crippen molar-refractivity contribution in [3.05, 3.63) is 17.0 Å². The zero-order valence-corrected chi connectivity index (χ0v) is 11.0. The van der Waals surface area contributed by atoms with E-state index in [0.717, 1.165) is 31.0 Å². The lowest BCUT2D eigenvalue weighted by molar-refractivity contribution is 0.0761. The molecular weight excluding hydrogens is 252 g/mol. The molecule has 1 saturated heterocycles. The number of ether oxygens (including phenoxy) is 1. The maximum absolute atomic E-state index is 8.89. The number of aryl methyl sites for hydroxylation is 1. The van der Waals surface area contributed by atoms with Crippen LogP contribution in [0.25, 0.3) is 0 Å². The van der Waals surface area contributed by atoms with Crippen LogP contribution in [0.15, 0.2) is 6.07 Å². The summed E-state index contributed by atoms with van der Waals surface area (Å²) in [5, 5.41) is 9.34. The summed E-state index contributed by atoms with van der Waals surface area (Å²) in [5.41, 5.74) is 0. The normalized spacial score (nSPS) is 19.6. The number of halogens is 1. The quantitative estimate of drug-likeness (QED) is 0.781. The molecule has 1 aliphatic heterocycles. The van der Waals surface area contributed by atoms with Crippen LogP contribution in [-0.2, 0) is 11.2 Å². The fourth-order valence-corrected chi connectivity index (χ4v) is 2.08. The van der Waals surface area contributed by atoms with Crippen molar-refractivity contribution in [1.82, 2.24) is 9.97 Å². The molecule has 0 radical (unpaired) electrons. The largest absolute Gasteiger partial charge is 0.360 e. The minimum absolute atomic E-state index is 0.401. The van der Waals surface area contributed by atoms with Crippen molar-refractivity contribution in [3.63, 3.8) is 0 Å². The molecule has 0 aliphatic carbocycles. The van der Waals surface area contributed by atoms with E-state index in [1.807, 2.05) is 4.90 Å². The summed E-state index contributed by atoms with van der Waals surface area (Å²) < 4.78 is 5.31. The molecule has 1 unspecified atom stereocenters. The number of nitriles is 1. The summed E-state index contributed by atoms with van der Waals surface area (Å²) in [5.74, 6) is 1.53. The predicted octanol–water partition coefficient (Wildman–Crippen LogP) is 1.81. The summed E-state index contributed by atoms with van der Waals surface area (Å²) in [6, 6.07) is 3.85. The number of aromatic nitrogens is 2. The number of anilines is 1. The highest BCUT2D eigenvalue weighted by molar-refractivity contribution is 6.29. The van der Waals surface area contributed by atoms with Gasteiger partial charge in [-0.25, -0.2) is 9.97 Å². The molecule has 6 heteroatoms. The van der Waals surface area contributed by atoms with Crippen molar-refractivity contribution in [2.45, 2.75) is 25.9 Å². The topological polar surface area (TPSA) is 62.0 Å². The van der Waals surface area contributed by atoms with E-state index in [9.17, 15) is 0 Å². The van der Waals surface area contributed by atoms with E-state index in [1.54, 1.807) is 6.07 Å². The Balaban J connectivity index is 2.19. The molecule has 0 N–H and O–H groups in total. The Morgan fingerprint density at radius 2 is 2.44 bits per heavy atom. The van der Waals surface area contributed by atoms with Gasteiger partial charge in [-0.15, -0.1) is 0 Å². The first-order valence-corrected chi connectivity index (χ1v) is 6.40. The Bertz CT molecular complexity index is 460. The van der Waals surface area contributed by atoms with E-state index in [1.165, 1.54) is 0 Å². The highest BCUT2D eigenvalue weighted by Gasteiger charge is 2.21. The van der Waals surface area contributed by atoms with Gasteiger partial charge in [0.25, 0.3) is 0 Å². The van der Waals surface area contributed by atoms with Gasteiger partial charge in [-0.1, -0.05) is 18.5 Å². The molecule has 1 aliphatic rings. The van der Waals surface area contributed by atoms with Gasteiger partial charge in [0.1, 0.15) is 16.8 Å². The number of morpholine rings is 1. The van der Waals surface area contributed by atoms with Crippen LogP contribution in [0.3, 0.4) is 0 Å². The minimum Gasteiger partial charge on any atom is -0.360 e. The summed E-state index contributed by atoms with van der Waals surface area (Å²) in [6.45, 7) is 3.85. The highest BCUT2D eigenvalue weighted by atomic mass is 35.5. The van der Waals surface area contributed by atoms with Gasteiger partial charge in [0.2, 0.25) is 0 Å². The molecule has 1 atom stereocenters. The minimum atomic E-state index is -0.401. The molecule has 5 nitrogen and oxygen atoms in total. The third-order valence-electron chi connectivity index (χ3n) is 2.74. The standard InChI is InChI=1S/C12H15ClN4O/c1-2-3-11-15-10(13)6-12(16-11)17-4-5-18-9(7-14)8-17/h6,9H,2-5,8H2,1H3. The van der Waals surface area contributed by atoms with Crippen LogP contribution in [0.5, 0.6) is 0 Å². The molecular formula is C12H15ClN4O. The number of hydrogen-bond donors (Lipinski definition) is 0. The van der Waals surface area contributed by atoms with Crippen LogP contribution in [0.1, 0.15) is 19.2 Å². The van der Waals surface area contributed by atoms with E-state index in [2.05, 4.69) is 23.0 Å². The summed E-state index contributed by atoms with van der Waals surface area (Å²) in [6.07, 6.45) is 1.38. The Hall–Kier alpha value is -1.38. The first kappa shape index (κ1) is 13.1. The Morgan fingerprint density at radius 1 is 1.61 bits per heavy atom. The monoisotopic (exact) mass is 266 g/mol. The summed E-state index contributed by atoms with van der Waals surface area (Å²) in [4.78, 5) is 10.7. The van der Waals surface area contributed by atoms with Crippen molar-refractivity contribution < 1.29 is 4.74 Å². The molecule has 0 bridgehead atoms. The second-order valence-electron chi connectivity index (χ2n) is 4.15. The lowest BCUT2D eigenvalue weighted by atomic mass is 10.3. The molecule has 0 spiro atoms. The van der Waals surface area contributed by atoms with Crippen LogP contribution >= 0.6 is 11.6 Å². The zero-order chi connectivity index (χ0) is 13.0. The van der Waals surface area contributed by atoms with Crippen LogP contribution in [-0.4, -0.2) is 35.8 Å². The average molecular weight is 267 g/mol. The molecule has 1 aromatic heterocycles. The maximum atomic E-state index is 8.89. The van der Waals surface area contributed by atoms with Gasteiger partial charge in [-0.3, -0.25) is 0 Å². The first-order chi connectivity index (χ1) is 8.72. The van der Waals surface area contributed by atoms with Crippen molar-refractivity contribution >= 4 is 17.4 Å². The second kappa shape index (κ2) is 5.98. The van der Waals surface area contributed by atoms with Crippen molar-refractivity contribution in [2.24, 2.45) is 0 Å². The molecule has 0 saturated carbocycles. The fourth-order valence-electron chi connectivity index (χ4n) is 1.88. The fraction of sp³-hybridized carbons (Fsp3) is 0.583. The van der Waals surface area contributed by atoms with Gasteiger partial charge in [0.05, 0.1) is 19.2 Å². The van der Waals surface area contributed by atoms with Crippen molar-refractivity contribution in [3.8, 4) is 6.07 Å². The molecule has 18 heavy (non-hydrogen) atoms. The summed E-state index contributed by atoms with van der Waals surface area (Å²) in [7, 11) is 0. The van der Waals surface area contributed by atoms with Crippen LogP contribution in [0.4, 0.5) is 5.82 Å². The molecule has 2 heterocycles. The average Bonchev–Trinajstić information content (AvgIpc) is 2.38. The van der Waals surface area contributed by atoms with Crippen molar-refractivity contribution in [1.29, 1.82) is 5.26 Å². The molecule has 1 aromatic rings. The van der Waals surface area contributed by atoms with Crippen LogP contribution in [0.2, 0.25) is 5.15 Å². The van der Waals surface area contributed by atoms with Gasteiger partial charge < -0.3 is 9.64 Å². The molecule has 2 rings (SSSR count). The first-order valence-electron chi connectivity index (χ1n) is 6.02. The summed E-state index contributed by atoms with van der Waals surface area (Å²) >= 11 is 6.00. The lowest BCUT2D eigenvalue weighted by Gasteiger charge is -2.30. The van der Waals surface area contributed by atoms with Crippen molar-refractivity contribution in [2.75, 3.05) is 24.6 Å². The number of rotatable bonds is 3. The second-order valence-corrected chi connectivity index (χ2v) is 4.54. The van der Waals surface area contributed by atoms with E-state index < -0.39 is 6.10 Å². The Kier molecular flexibility index (Phi) is 4.34. The molecule has 96 valence electrons. The van der Waals surface area contributed by atoms with Gasteiger partial charge in [-0.2, -0.15) is 5.26 Å². The number of hydrogen-bond acceptors (Lipinski definition) is 5. The van der Waals surface area contributed by atoms with Gasteiger partial charge in [-0.05, 0) is 6.42 Å². The van der Waals surface area contributed by atoms with E-state index in [4.69, 9.17) is 21.6 Å². The maximum Gasteiger partial charge on any atom is 0.161 e.